The van der Waals surface area contributed by atoms with E-state index in [2.05, 4.69) is 46.2 Å². The van der Waals surface area contributed by atoms with Crippen molar-refractivity contribution >= 4 is 5.69 Å². The summed E-state index contributed by atoms with van der Waals surface area (Å²) in [4.78, 5) is 6.62. The van der Waals surface area contributed by atoms with Gasteiger partial charge in [-0.05, 0) is 37.3 Å². The van der Waals surface area contributed by atoms with E-state index in [0.717, 1.165) is 18.7 Å². The van der Waals surface area contributed by atoms with Gasteiger partial charge in [-0.1, -0.05) is 5.16 Å². The number of benzene rings is 1. The fraction of sp³-hybridized carbons (Fsp3) is 0.312. The van der Waals surface area contributed by atoms with Gasteiger partial charge in [-0.3, -0.25) is 4.68 Å². The molecule has 0 aliphatic heterocycles. The van der Waals surface area contributed by atoms with E-state index in [4.69, 9.17) is 4.52 Å². The van der Waals surface area contributed by atoms with E-state index in [1.807, 2.05) is 29.1 Å². The van der Waals surface area contributed by atoms with Crippen LogP contribution in [0.4, 0.5) is 5.69 Å². The second-order valence-corrected chi connectivity index (χ2v) is 5.09. The van der Waals surface area contributed by atoms with E-state index in [9.17, 15) is 0 Å². The van der Waals surface area contributed by atoms with Crippen molar-refractivity contribution in [3.05, 3.63) is 48.6 Å². The Kier molecular flexibility index (Phi) is 4.18. The Bertz CT molecular complexity index is 702. The van der Waals surface area contributed by atoms with Gasteiger partial charge in [0.05, 0.1) is 0 Å². The van der Waals surface area contributed by atoms with Crippen LogP contribution in [0.1, 0.15) is 12.8 Å². The Morgan fingerprint density at radius 1 is 1.23 bits per heavy atom. The van der Waals surface area contributed by atoms with Gasteiger partial charge >= 0.3 is 0 Å². The number of hydrogen-bond donors (Lipinski definition) is 0. The minimum absolute atomic E-state index is 0.625. The molecule has 0 aliphatic rings. The molecule has 6 heteroatoms. The third kappa shape index (κ3) is 3.16. The lowest BCUT2D eigenvalue weighted by atomic mass is 10.2. The molecule has 3 rings (SSSR count). The molecule has 6 nitrogen and oxygen atoms in total. The molecule has 0 fully saturated rings. The highest BCUT2D eigenvalue weighted by Crippen LogP contribution is 2.20. The monoisotopic (exact) mass is 297 g/mol. The smallest absolute Gasteiger partial charge is 0.228 e. The zero-order valence-corrected chi connectivity index (χ0v) is 12.8. The van der Waals surface area contributed by atoms with Crippen LogP contribution in [-0.2, 0) is 13.0 Å². The SMILES string of the molecule is CCN(C)c1ccc(-c2noc(CCn3cccn3)n2)cc1. The minimum atomic E-state index is 0.625. The minimum Gasteiger partial charge on any atom is -0.375 e. The summed E-state index contributed by atoms with van der Waals surface area (Å²) < 4.78 is 7.15. The fourth-order valence-electron chi connectivity index (χ4n) is 2.16. The molecule has 0 N–H and O–H groups in total. The second-order valence-electron chi connectivity index (χ2n) is 5.09. The predicted octanol–water partition coefficient (Wildman–Crippen LogP) is 2.63. The molecule has 22 heavy (non-hydrogen) atoms. The van der Waals surface area contributed by atoms with E-state index < -0.39 is 0 Å². The first-order valence-electron chi connectivity index (χ1n) is 7.38. The average molecular weight is 297 g/mol. The molecule has 0 atom stereocenters. The fourth-order valence-corrected chi connectivity index (χ4v) is 2.16. The van der Waals surface area contributed by atoms with Crippen LogP contribution in [0.25, 0.3) is 11.4 Å². The zero-order chi connectivity index (χ0) is 15.4. The van der Waals surface area contributed by atoms with Gasteiger partial charge in [-0.2, -0.15) is 10.1 Å². The van der Waals surface area contributed by atoms with E-state index >= 15 is 0 Å². The number of aryl methyl sites for hydroxylation is 2. The van der Waals surface area contributed by atoms with Gasteiger partial charge in [-0.15, -0.1) is 0 Å². The molecule has 0 unspecified atom stereocenters. The molecule has 1 aromatic carbocycles. The molecule has 0 amide bonds. The number of hydrogen-bond acceptors (Lipinski definition) is 5. The highest BCUT2D eigenvalue weighted by molar-refractivity contribution is 5.59. The molecule has 2 aromatic heterocycles. The summed E-state index contributed by atoms with van der Waals surface area (Å²) in [6.07, 6.45) is 4.35. The van der Waals surface area contributed by atoms with Gasteiger partial charge in [0.2, 0.25) is 11.7 Å². The maximum atomic E-state index is 5.30. The topological polar surface area (TPSA) is 60.0 Å². The van der Waals surface area contributed by atoms with Crippen molar-refractivity contribution in [2.24, 2.45) is 0 Å². The van der Waals surface area contributed by atoms with Crippen LogP contribution < -0.4 is 4.90 Å². The van der Waals surface area contributed by atoms with E-state index in [0.29, 0.717) is 18.1 Å². The Morgan fingerprint density at radius 3 is 2.73 bits per heavy atom. The lowest BCUT2D eigenvalue weighted by Gasteiger charge is -2.16. The normalized spacial score (nSPS) is 10.8. The molecular weight excluding hydrogens is 278 g/mol. The van der Waals surface area contributed by atoms with Crippen molar-refractivity contribution in [3.8, 4) is 11.4 Å². The van der Waals surface area contributed by atoms with Crippen LogP contribution in [0, 0.1) is 0 Å². The molecule has 3 aromatic rings. The molecule has 114 valence electrons. The van der Waals surface area contributed by atoms with Gasteiger partial charge in [0.1, 0.15) is 0 Å². The number of rotatable bonds is 6. The Balaban J connectivity index is 1.67. The summed E-state index contributed by atoms with van der Waals surface area (Å²) in [5.74, 6) is 1.25. The first kappa shape index (κ1) is 14.3. The van der Waals surface area contributed by atoms with Crippen LogP contribution in [0.3, 0.4) is 0 Å². The van der Waals surface area contributed by atoms with E-state index in [-0.39, 0.29) is 0 Å². The number of aromatic nitrogens is 4. The first-order valence-corrected chi connectivity index (χ1v) is 7.38. The highest BCUT2D eigenvalue weighted by atomic mass is 16.5. The largest absolute Gasteiger partial charge is 0.375 e. The maximum absolute atomic E-state index is 5.30. The van der Waals surface area contributed by atoms with Gasteiger partial charge in [0.25, 0.3) is 0 Å². The molecule has 0 saturated carbocycles. The standard InChI is InChI=1S/C16H19N5O/c1-3-20(2)14-7-5-13(6-8-14)16-18-15(22-19-16)9-12-21-11-4-10-17-21/h4-8,10-11H,3,9,12H2,1-2H3. The van der Waals surface area contributed by atoms with Crippen LogP contribution in [0.15, 0.2) is 47.2 Å². The van der Waals surface area contributed by atoms with Crippen LogP contribution in [0.5, 0.6) is 0 Å². The van der Waals surface area contributed by atoms with Gasteiger partial charge in [0, 0.05) is 50.2 Å². The van der Waals surface area contributed by atoms with Crippen molar-refractivity contribution in [1.82, 2.24) is 19.9 Å². The molecule has 2 heterocycles. The summed E-state index contributed by atoms with van der Waals surface area (Å²) in [6, 6.07) is 10.1. The van der Waals surface area contributed by atoms with Gasteiger partial charge in [0.15, 0.2) is 0 Å². The Morgan fingerprint density at radius 2 is 2.05 bits per heavy atom. The molecule has 0 radical (unpaired) electrons. The molecule has 0 spiro atoms. The van der Waals surface area contributed by atoms with Crippen molar-refractivity contribution in [2.45, 2.75) is 19.9 Å². The third-order valence-corrected chi connectivity index (χ3v) is 3.62. The van der Waals surface area contributed by atoms with E-state index in [1.165, 1.54) is 5.69 Å². The molecule has 0 saturated heterocycles. The van der Waals surface area contributed by atoms with Crippen molar-refractivity contribution in [1.29, 1.82) is 0 Å². The molecule has 0 bridgehead atoms. The Labute approximate surface area is 129 Å². The summed E-state index contributed by atoms with van der Waals surface area (Å²) in [7, 11) is 2.07. The highest BCUT2D eigenvalue weighted by Gasteiger charge is 2.09. The van der Waals surface area contributed by atoms with Crippen molar-refractivity contribution in [2.75, 3.05) is 18.5 Å². The predicted molar refractivity (Wildman–Crippen MR) is 84.6 cm³/mol. The number of anilines is 1. The van der Waals surface area contributed by atoms with Gasteiger partial charge in [-0.25, -0.2) is 0 Å². The maximum Gasteiger partial charge on any atom is 0.228 e. The quantitative estimate of drug-likeness (QED) is 0.700. The molecular formula is C16H19N5O. The summed E-state index contributed by atoms with van der Waals surface area (Å²) in [5.41, 5.74) is 2.14. The summed E-state index contributed by atoms with van der Waals surface area (Å²) in [6.45, 7) is 3.83. The average Bonchev–Trinajstić information content (AvgIpc) is 3.24. The van der Waals surface area contributed by atoms with E-state index in [1.54, 1.807) is 6.20 Å². The van der Waals surface area contributed by atoms with Crippen LogP contribution in [0.2, 0.25) is 0 Å². The summed E-state index contributed by atoms with van der Waals surface area (Å²) >= 11 is 0. The van der Waals surface area contributed by atoms with Crippen molar-refractivity contribution < 1.29 is 4.52 Å². The lowest BCUT2D eigenvalue weighted by Crippen LogP contribution is -2.15. The Hall–Kier alpha value is -2.63. The third-order valence-electron chi connectivity index (χ3n) is 3.62. The molecule has 0 aliphatic carbocycles. The second kappa shape index (κ2) is 6.43. The van der Waals surface area contributed by atoms with Crippen molar-refractivity contribution in [3.63, 3.8) is 0 Å². The summed E-state index contributed by atoms with van der Waals surface area (Å²) in [5, 5.41) is 8.20. The van der Waals surface area contributed by atoms with Crippen LogP contribution in [-0.4, -0.2) is 33.5 Å². The zero-order valence-electron chi connectivity index (χ0n) is 12.8. The number of nitrogens with zero attached hydrogens (tertiary/aromatic N) is 5. The van der Waals surface area contributed by atoms with Crippen LogP contribution >= 0.6 is 0 Å². The first-order chi connectivity index (χ1) is 10.8. The lowest BCUT2D eigenvalue weighted by molar-refractivity contribution is 0.369. The van der Waals surface area contributed by atoms with Gasteiger partial charge < -0.3 is 9.42 Å².